The molecule has 0 saturated carbocycles. The fourth-order valence-corrected chi connectivity index (χ4v) is 2.18. The van der Waals surface area contributed by atoms with E-state index in [1.807, 2.05) is 30.5 Å². The smallest absolute Gasteiger partial charge is 0.271 e. The van der Waals surface area contributed by atoms with Crippen molar-refractivity contribution < 1.29 is 4.92 Å². The highest BCUT2D eigenvalue weighted by Gasteiger charge is 2.05. The first-order valence-electron chi connectivity index (χ1n) is 6.53. The lowest BCUT2D eigenvalue weighted by molar-refractivity contribution is -0.384. The van der Waals surface area contributed by atoms with Crippen molar-refractivity contribution in [3.63, 3.8) is 0 Å². The van der Waals surface area contributed by atoms with Crippen LogP contribution in [-0.2, 0) is 6.54 Å². The van der Waals surface area contributed by atoms with Gasteiger partial charge in [0.1, 0.15) is 0 Å². The highest BCUT2D eigenvalue weighted by molar-refractivity contribution is 5.82. The molecule has 5 nitrogen and oxygen atoms in total. The van der Waals surface area contributed by atoms with Crippen LogP contribution in [0.15, 0.2) is 60.9 Å². The van der Waals surface area contributed by atoms with Gasteiger partial charge in [-0.3, -0.25) is 15.1 Å². The summed E-state index contributed by atoms with van der Waals surface area (Å²) in [6.45, 7) is 0.611. The van der Waals surface area contributed by atoms with Crippen molar-refractivity contribution >= 4 is 22.1 Å². The van der Waals surface area contributed by atoms with Crippen molar-refractivity contribution in [3.8, 4) is 0 Å². The lowest BCUT2D eigenvalue weighted by Crippen LogP contribution is -2.00. The Morgan fingerprint density at radius 3 is 2.86 bits per heavy atom. The highest BCUT2D eigenvalue weighted by atomic mass is 16.6. The molecular weight excluding hydrogens is 266 g/mol. The standard InChI is InChI=1S/C16H13N3O2/c20-19(21)16-3-1-2-15(9-16)18-10-12-4-5-14-11-17-7-6-13(14)8-12/h1-9,11,18H,10H2. The SMILES string of the molecule is O=[N+]([O-])c1cccc(NCc2ccc3cnccc3c2)c1. The van der Waals surface area contributed by atoms with Gasteiger partial charge in [-0.2, -0.15) is 0 Å². The van der Waals surface area contributed by atoms with Crippen molar-refractivity contribution in [2.75, 3.05) is 5.32 Å². The summed E-state index contributed by atoms with van der Waals surface area (Å²) in [5.74, 6) is 0. The van der Waals surface area contributed by atoms with Crippen LogP contribution in [0.25, 0.3) is 10.8 Å². The van der Waals surface area contributed by atoms with Gasteiger partial charge in [-0.25, -0.2) is 0 Å². The van der Waals surface area contributed by atoms with Crippen LogP contribution in [0.5, 0.6) is 0 Å². The highest BCUT2D eigenvalue weighted by Crippen LogP contribution is 2.19. The maximum Gasteiger partial charge on any atom is 0.271 e. The van der Waals surface area contributed by atoms with Gasteiger partial charge in [-0.1, -0.05) is 18.2 Å². The van der Waals surface area contributed by atoms with Gasteiger partial charge < -0.3 is 5.32 Å². The van der Waals surface area contributed by atoms with Crippen LogP contribution in [0.4, 0.5) is 11.4 Å². The van der Waals surface area contributed by atoms with Gasteiger partial charge >= 0.3 is 0 Å². The first-order chi connectivity index (χ1) is 10.2. The maximum absolute atomic E-state index is 10.7. The number of nitro groups is 1. The minimum atomic E-state index is -0.395. The van der Waals surface area contributed by atoms with E-state index in [9.17, 15) is 10.1 Å². The maximum atomic E-state index is 10.7. The molecule has 0 aliphatic rings. The normalized spacial score (nSPS) is 10.5. The van der Waals surface area contributed by atoms with Gasteiger partial charge in [0, 0.05) is 42.1 Å². The molecule has 5 heteroatoms. The van der Waals surface area contributed by atoms with E-state index in [-0.39, 0.29) is 5.69 Å². The topological polar surface area (TPSA) is 68.1 Å². The van der Waals surface area contributed by atoms with E-state index < -0.39 is 4.92 Å². The van der Waals surface area contributed by atoms with Crippen molar-refractivity contribution in [2.45, 2.75) is 6.54 Å². The molecule has 3 rings (SSSR count). The number of hydrogen-bond donors (Lipinski definition) is 1. The van der Waals surface area contributed by atoms with Crippen LogP contribution in [0.1, 0.15) is 5.56 Å². The molecule has 104 valence electrons. The molecule has 1 N–H and O–H groups in total. The van der Waals surface area contributed by atoms with Crippen molar-refractivity contribution in [1.29, 1.82) is 0 Å². The zero-order valence-electron chi connectivity index (χ0n) is 11.2. The summed E-state index contributed by atoms with van der Waals surface area (Å²) >= 11 is 0. The van der Waals surface area contributed by atoms with Crippen LogP contribution in [0.2, 0.25) is 0 Å². The van der Waals surface area contributed by atoms with Gasteiger partial charge in [0.2, 0.25) is 0 Å². The van der Waals surface area contributed by atoms with E-state index in [4.69, 9.17) is 0 Å². The van der Waals surface area contributed by atoms with Crippen molar-refractivity contribution in [2.24, 2.45) is 0 Å². The third-order valence-electron chi connectivity index (χ3n) is 3.26. The van der Waals surface area contributed by atoms with Crippen molar-refractivity contribution in [3.05, 3.63) is 76.6 Å². The quantitative estimate of drug-likeness (QED) is 0.583. The number of fused-ring (bicyclic) bond motifs is 1. The molecule has 0 atom stereocenters. The molecule has 2 aromatic carbocycles. The van der Waals surface area contributed by atoms with Gasteiger partial charge in [0.15, 0.2) is 0 Å². The molecule has 3 aromatic rings. The van der Waals surface area contributed by atoms with Gasteiger partial charge in [-0.15, -0.1) is 0 Å². The number of rotatable bonds is 4. The number of pyridine rings is 1. The second-order valence-corrected chi connectivity index (χ2v) is 4.72. The van der Waals surface area contributed by atoms with E-state index in [1.165, 1.54) is 12.1 Å². The number of aromatic nitrogens is 1. The Morgan fingerprint density at radius 2 is 2.00 bits per heavy atom. The third kappa shape index (κ3) is 2.97. The van der Waals surface area contributed by atoms with Gasteiger partial charge in [-0.05, 0) is 29.1 Å². The predicted octanol–water partition coefficient (Wildman–Crippen LogP) is 3.76. The molecule has 0 radical (unpaired) electrons. The molecule has 21 heavy (non-hydrogen) atoms. The van der Waals surface area contributed by atoms with Crippen LogP contribution >= 0.6 is 0 Å². The van der Waals surface area contributed by atoms with Crippen LogP contribution in [0.3, 0.4) is 0 Å². The average Bonchev–Trinajstić information content (AvgIpc) is 2.53. The van der Waals surface area contributed by atoms with Gasteiger partial charge in [0.05, 0.1) is 4.92 Å². The Bertz CT molecular complexity index is 802. The zero-order chi connectivity index (χ0) is 14.7. The monoisotopic (exact) mass is 279 g/mol. The largest absolute Gasteiger partial charge is 0.381 e. The molecule has 0 spiro atoms. The van der Waals surface area contributed by atoms with E-state index in [0.29, 0.717) is 6.54 Å². The summed E-state index contributed by atoms with van der Waals surface area (Å²) in [4.78, 5) is 14.4. The molecular formula is C16H13N3O2. The second-order valence-electron chi connectivity index (χ2n) is 4.72. The second kappa shape index (κ2) is 5.58. The van der Waals surface area contributed by atoms with Crippen LogP contribution in [0, 0.1) is 10.1 Å². The fourth-order valence-electron chi connectivity index (χ4n) is 2.18. The zero-order valence-corrected chi connectivity index (χ0v) is 11.2. The predicted molar refractivity (Wildman–Crippen MR) is 82.2 cm³/mol. The van der Waals surface area contributed by atoms with Crippen LogP contribution < -0.4 is 5.32 Å². The molecule has 0 aliphatic carbocycles. The van der Waals surface area contributed by atoms with E-state index in [1.54, 1.807) is 12.3 Å². The average molecular weight is 279 g/mol. The van der Waals surface area contributed by atoms with Gasteiger partial charge in [0.25, 0.3) is 5.69 Å². The number of nitrogens with zero attached hydrogens (tertiary/aromatic N) is 2. The summed E-state index contributed by atoms with van der Waals surface area (Å²) in [5.41, 5.74) is 1.93. The minimum Gasteiger partial charge on any atom is -0.381 e. The fraction of sp³-hybridized carbons (Fsp3) is 0.0625. The Balaban J connectivity index is 1.77. The third-order valence-corrected chi connectivity index (χ3v) is 3.26. The molecule has 1 aromatic heterocycles. The molecule has 0 fully saturated rings. The molecule has 0 aliphatic heterocycles. The first-order valence-corrected chi connectivity index (χ1v) is 6.53. The lowest BCUT2D eigenvalue weighted by Gasteiger charge is -2.07. The van der Waals surface area contributed by atoms with Crippen LogP contribution in [-0.4, -0.2) is 9.91 Å². The number of hydrogen-bond acceptors (Lipinski definition) is 4. The minimum absolute atomic E-state index is 0.0876. The molecule has 0 unspecified atom stereocenters. The number of anilines is 1. The Labute approximate surface area is 121 Å². The number of nitro benzene ring substituents is 1. The molecule has 0 saturated heterocycles. The number of nitrogens with one attached hydrogen (secondary N) is 1. The van der Waals surface area contributed by atoms with Crippen molar-refractivity contribution in [1.82, 2.24) is 4.98 Å². The Morgan fingerprint density at radius 1 is 1.10 bits per heavy atom. The van der Waals surface area contributed by atoms with E-state index in [0.717, 1.165) is 22.0 Å². The molecule has 0 amide bonds. The summed E-state index contributed by atoms with van der Waals surface area (Å²) in [6, 6.07) is 14.6. The molecule has 1 heterocycles. The summed E-state index contributed by atoms with van der Waals surface area (Å²) in [5, 5.41) is 16.2. The summed E-state index contributed by atoms with van der Waals surface area (Å²) in [6.07, 6.45) is 3.59. The summed E-state index contributed by atoms with van der Waals surface area (Å²) < 4.78 is 0. The molecule has 0 bridgehead atoms. The lowest BCUT2D eigenvalue weighted by atomic mass is 10.1. The van der Waals surface area contributed by atoms with E-state index in [2.05, 4.69) is 16.4 Å². The van der Waals surface area contributed by atoms with E-state index >= 15 is 0 Å². The first kappa shape index (κ1) is 13.1. The Kier molecular flexibility index (Phi) is 3.47. The number of non-ortho nitro benzene ring substituents is 1. The summed E-state index contributed by atoms with van der Waals surface area (Å²) in [7, 11) is 0. The Hall–Kier alpha value is -2.95. The number of benzene rings is 2.